The van der Waals surface area contributed by atoms with Crippen LogP contribution in [0.15, 0.2) is 28.2 Å². The van der Waals surface area contributed by atoms with Crippen molar-refractivity contribution in [3.05, 3.63) is 29.5 Å². The van der Waals surface area contributed by atoms with Gasteiger partial charge in [0.2, 0.25) is 5.91 Å². The number of hydrogen-bond donors (Lipinski definition) is 1. The fourth-order valence-electron chi connectivity index (χ4n) is 2.80. The molecule has 1 N–H and O–H groups in total. The molecule has 3 heterocycles. The molecule has 1 fully saturated rings. The minimum absolute atomic E-state index is 0.112. The second-order valence-corrected chi connectivity index (χ2v) is 7.25. The third-order valence-corrected chi connectivity index (χ3v) is 4.86. The number of nitrogens with one attached hydrogen (secondary N) is 1. The summed E-state index contributed by atoms with van der Waals surface area (Å²) >= 11 is 1.62. The lowest BCUT2D eigenvalue weighted by Crippen LogP contribution is -2.49. The van der Waals surface area contributed by atoms with E-state index in [1.807, 2.05) is 26.0 Å². The van der Waals surface area contributed by atoms with Gasteiger partial charge in [-0.25, -0.2) is 4.98 Å². The Bertz CT molecular complexity index is 645. The van der Waals surface area contributed by atoms with Crippen LogP contribution in [0, 0.1) is 0 Å². The molecule has 2 aromatic rings. The molecule has 6 nitrogen and oxygen atoms in total. The van der Waals surface area contributed by atoms with E-state index in [1.165, 1.54) is 0 Å². The summed E-state index contributed by atoms with van der Waals surface area (Å²) in [6.45, 7) is 9.07. The predicted octanol–water partition coefficient (Wildman–Crippen LogP) is 2.05. The van der Waals surface area contributed by atoms with Gasteiger partial charge in [-0.2, -0.15) is 0 Å². The molecule has 0 spiro atoms. The maximum Gasteiger partial charge on any atom is 0.234 e. The Morgan fingerprint density at radius 2 is 2.08 bits per heavy atom. The minimum atomic E-state index is 0.112. The maximum absolute atomic E-state index is 11.8. The van der Waals surface area contributed by atoms with Crippen LogP contribution in [0.2, 0.25) is 0 Å². The van der Waals surface area contributed by atoms with Crippen molar-refractivity contribution in [1.82, 2.24) is 20.1 Å². The lowest BCUT2D eigenvalue weighted by atomic mass is 10.3. The van der Waals surface area contributed by atoms with Gasteiger partial charge in [0.15, 0.2) is 10.8 Å². The Labute approximate surface area is 146 Å². The van der Waals surface area contributed by atoms with Crippen molar-refractivity contribution < 1.29 is 9.21 Å². The molecule has 0 atom stereocenters. The fraction of sp³-hybridized carbons (Fsp3) is 0.529. The van der Waals surface area contributed by atoms with Crippen molar-refractivity contribution >= 4 is 17.2 Å². The van der Waals surface area contributed by atoms with Crippen LogP contribution in [0.1, 0.15) is 19.5 Å². The normalized spacial score (nSPS) is 16.6. The van der Waals surface area contributed by atoms with Crippen molar-refractivity contribution in [2.45, 2.75) is 26.4 Å². The van der Waals surface area contributed by atoms with Gasteiger partial charge in [0, 0.05) is 44.1 Å². The average Bonchev–Trinajstić information content (AvgIpc) is 3.19. The van der Waals surface area contributed by atoms with E-state index in [1.54, 1.807) is 17.6 Å². The van der Waals surface area contributed by atoms with E-state index in [9.17, 15) is 4.79 Å². The highest BCUT2D eigenvalue weighted by Crippen LogP contribution is 2.24. The summed E-state index contributed by atoms with van der Waals surface area (Å²) in [4.78, 5) is 21.1. The van der Waals surface area contributed by atoms with Gasteiger partial charge in [0.25, 0.3) is 0 Å². The first-order valence-electron chi connectivity index (χ1n) is 8.32. The van der Waals surface area contributed by atoms with Crippen molar-refractivity contribution in [2.75, 3.05) is 32.7 Å². The largest absolute Gasteiger partial charge is 0.462 e. The Hall–Kier alpha value is -1.70. The fourth-order valence-corrected chi connectivity index (χ4v) is 3.58. The van der Waals surface area contributed by atoms with Crippen LogP contribution in [-0.2, 0) is 11.3 Å². The molecule has 1 saturated heterocycles. The molecule has 2 aromatic heterocycles. The molecular formula is C17H24N4O2S. The zero-order chi connectivity index (χ0) is 16.9. The number of furan rings is 1. The first kappa shape index (κ1) is 17.1. The molecule has 24 heavy (non-hydrogen) atoms. The van der Waals surface area contributed by atoms with E-state index in [0.717, 1.165) is 49.2 Å². The number of hydrogen-bond acceptors (Lipinski definition) is 6. The van der Waals surface area contributed by atoms with Crippen LogP contribution in [0.5, 0.6) is 0 Å². The molecule has 130 valence electrons. The lowest BCUT2D eigenvalue weighted by Gasteiger charge is -2.34. The van der Waals surface area contributed by atoms with Gasteiger partial charge in [0.1, 0.15) is 0 Å². The number of nitrogens with zero attached hydrogens (tertiary/aromatic N) is 3. The Kier molecular flexibility index (Phi) is 5.65. The second kappa shape index (κ2) is 7.92. The minimum Gasteiger partial charge on any atom is -0.462 e. The maximum atomic E-state index is 11.8. The van der Waals surface area contributed by atoms with E-state index in [2.05, 4.69) is 25.5 Å². The molecule has 3 rings (SSSR count). The summed E-state index contributed by atoms with van der Waals surface area (Å²) in [7, 11) is 0. The summed E-state index contributed by atoms with van der Waals surface area (Å²) in [5.41, 5.74) is 1.08. The SMILES string of the molecule is CC(C)NC(=O)CN1CCN(Cc2csc(-c3ccco3)n2)CC1. The highest BCUT2D eigenvalue weighted by Gasteiger charge is 2.20. The first-order chi connectivity index (χ1) is 11.6. The summed E-state index contributed by atoms with van der Waals surface area (Å²) in [5.74, 6) is 0.938. The van der Waals surface area contributed by atoms with Crippen LogP contribution in [0.25, 0.3) is 10.8 Å². The van der Waals surface area contributed by atoms with E-state index in [-0.39, 0.29) is 11.9 Å². The van der Waals surface area contributed by atoms with Crippen LogP contribution in [0.4, 0.5) is 0 Å². The molecule has 0 saturated carbocycles. The molecule has 0 bridgehead atoms. The van der Waals surface area contributed by atoms with Gasteiger partial charge in [-0.1, -0.05) is 0 Å². The number of rotatable bonds is 6. The van der Waals surface area contributed by atoms with Gasteiger partial charge in [-0.3, -0.25) is 14.6 Å². The third kappa shape index (κ3) is 4.66. The van der Waals surface area contributed by atoms with Crippen molar-refractivity contribution in [1.29, 1.82) is 0 Å². The Balaban J connectivity index is 1.45. The van der Waals surface area contributed by atoms with Crippen molar-refractivity contribution in [2.24, 2.45) is 0 Å². The first-order valence-corrected chi connectivity index (χ1v) is 9.20. The number of amides is 1. The number of thiazole rings is 1. The smallest absolute Gasteiger partial charge is 0.234 e. The second-order valence-electron chi connectivity index (χ2n) is 6.40. The number of aromatic nitrogens is 1. The molecule has 1 aliphatic heterocycles. The molecule has 0 radical (unpaired) electrons. The van der Waals surface area contributed by atoms with E-state index in [4.69, 9.17) is 4.42 Å². The third-order valence-electron chi connectivity index (χ3n) is 3.95. The van der Waals surface area contributed by atoms with Crippen LogP contribution in [-0.4, -0.2) is 59.5 Å². The summed E-state index contributed by atoms with van der Waals surface area (Å²) in [5, 5.41) is 5.97. The number of carbonyl (C=O) groups excluding carboxylic acids is 1. The van der Waals surface area contributed by atoms with Crippen molar-refractivity contribution in [3.8, 4) is 10.8 Å². The van der Waals surface area contributed by atoms with Crippen LogP contribution in [0.3, 0.4) is 0 Å². The van der Waals surface area contributed by atoms with Crippen LogP contribution < -0.4 is 5.32 Å². The van der Waals surface area contributed by atoms with Gasteiger partial charge >= 0.3 is 0 Å². The Morgan fingerprint density at radius 1 is 1.33 bits per heavy atom. The van der Waals surface area contributed by atoms with Crippen molar-refractivity contribution in [3.63, 3.8) is 0 Å². The van der Waals surface area contributed by atoms with Gasteiger partial charge in [-0.15, -0.1) is 11.3 Å². The van der Waals surface area contributed by atoms with E-state index >= 15 is 0 Å². The van der Waals surface area contributed by atoms with E-state index < -0.39 is 0 Å². The highest BCUT2D eigenvalue weighted by atomic mass is 32.1. The quantitative estimate of drug-likeness (QED) is 0.866. The number of carbonyl (C=O) groups is 1. The summed E-state index contributed by atoms with van der Waals surface area (Å²) in [6.07, 6.45) is 1.67. The average molecular weight is 348 g/mol. The summed E-state index contributed by atoms with van der Waals surface area (Å²) < 4.78 is 5.39. The molecule has 1 amide bonds. The molecule has 0 aliphatic carbocycles. The monoisotopic (exact) mass is 348 g/mol. The highest BCUT2D eigenvalue weighted by molar-refractivity contribution is 7.13. The summed E-state index contributed by atoms with van der Waals surface area (Å²) in [6, 6.07) is 4.01. The zero-order valence-corrected chi connectivity index (χ0v) is 15.0. The van der Waals surface area contributed by atoms with Gasteiger partial charge < -0.3 is 9.73 Å². The predicted molar refractivity (Wildman–Crippen MR) is 94.8 cm³/mol. The standard InChI is InChI=1S/C17H24N4O2S/c1-13(2)18-16(22)11-21-7-5-20(6-8-21)10-14-12-24-17(19-14)15-4-3-9-23-15/h3-4,9,12-13H,5-8,10-11H2,1-2H3,(H,18,22). The Morgan fingerprint density at radius 3 is 2.75 bits per heavy atom. The zero-order valence-electron chi connectivity index (χ0n) is 14.2. The molecular weight excluding hydrogens is 324 g/mol. The van der Waals surface area contributed by atoms with Gasteiger partial charge in [-0.05, 0) is 26.0 Å². The lowest BCUT2D eigenvalue weighted by molar-refractivity contribution is -0.123. The topological polar surface area (TPSA) is 61.6 Å². The molecule has 7 heteroatoms. The molecule has 0 aromatic carbocycles. The molecule has 0 unspecified atom stereocenters. The molecule has 1 aliphatic rings. The van der Waals surface area contributed by atoms with Crippen LogP contribution >= 0.6 is 11.3 Å². The van der Waals surface area contributed by atoms with Gasteiger partial charge in [0.05, 0.1) is 18.5 Å². The van der Waals surface area contributed by atoms with E-state index in [0.29, 0.717) is 6.54 Å². The number of piperazine rings is 1.